The molecule has 2 N–H and O–H groups in total. The Morgan fingerprint density at radius 3 is 2.88 bits per heavy atom. The predicted molar refractivity (Wildman–Crippen MR) is 78.9 cm³/mol. The van der Waals surface area contributed by atoms with Crippen LogP contribution in [0.25, 0.3) is 11.4 Å². The lowest BCUT2D eigenvalue weighted by atomic mass is 10.2. The zero-order chi connectivity index (χ0) is 17.3. The summed E-state index contributed by atoms with van der Waals surface area (Å²) in [6, 6.07) is 5.93. The van der Waals surface area contributed by atoms with Crippen LogP contribution in [0.1, 0.15) is 16.1 Å². The van der Waals surface area contributed by atoms with E-state index in [1.165, 1.54) is 42.4 Å². The number of nitrogen functional groups attached to an aromatic ring is 1. The van der Waals surface area contributed by atoms with E-state index < -0.39 is 11.8 Å². The van der Waals surface area contributed by atoms with E-state index in [1.54, 1.807) is 0 Å². The van der Waals surface area contributed by atoms with Gasteiger partial charge < -0.3 is 15.0 Å². The van der Waals surface area contributed by atoms with E-state index in [0.29, 0.717) is 5.69 Å². The molecule has 120 valence electrons. The number of hydrogen-bond acceptors (Lipinski definition) is 7. The smallest absolute Gasteiger partial charge is 0.357 e. The summed E-state index contributed by atoms with van der Waals surface area (Å²) in [7, 11) is 1.20. The largest absolute Gasteiger partial charge is 0.464 e. The molecule has 0 aliphatic rings. The SMILES string of the molecule is COC(=O)c1c(N)c(C#N)cn1-c1ccc(F)c(-n2cnnn2)c1. The quantitative estimate of drug-likeness (QED) is 0.706. The Balaban J connectivity index is 2.22. The molecule has 2 heterocycles. The molecule has 9 nitrogen and oxygen atoms in total. The minimum atomic E-state index is -0.720. The molecular formula is C14H10FN7O2. The molecule has 3 aromatic rings. The summed E-state index contributed by atoms with van der Waals surface area (Å²) < 4.78 is 21.2. The van der Waals surface area contributed by atoms with E-state index in [2.05, 4.69) is 15.5 Å². The van der Waals surface area contributed by atoms with E-state index in [9.17, 15) is 9.18 Å². The standard InChI is InChI=1S/C14H10FN7O2/c1-24-14(23)13-12(17)8(5-16)6-21(13)9-2-3-10(15)11(4-9)22-7-18-19-20-22/h2-4,6-7H,17H2,1H3. The number of hydrogen-bond donors (Lipinski definition) is 1. The number of carbonyl (C=O) groups excluding carboxylic acids is 1. The van der Waals surface area contributed by atoms with Gasteiger partial charge in [0, 0.05) is 11.9 Å². The van der Waals surface area contributed by atoms with Crippen molar-refractivity contribution in [1.82, 2.24) is 24.8 Å². The molecular weight excluding hydrogens is 317 g/mol. The number of ether oxygens (including phenoxy) is 1. The van der Waals surface area contributed by atoms with Crippen molar-refractivity contribution in [1.29, 1.82) is 5.26 Å². The molecule has 0 saturated carbocycles. The zero-order valence-electron chi connectivity index (χ0n) is 12.3. The number of halogens is 1. The first kappa shape index (κ1) is 15.2. The van der Waals surface area contributed by atoms with Crippen molar-refractivity contribution in [2.24, 2.45) is 0 Å². The van der Waals surface area contributed by atoms with E-state index in [-0.39, 0.29) is 22.6 Å². The summed E-state index contributed by atoms with van der Waals surface area (Å²) >= 11 is 0. The molecule has 2 aromatic heterocycles. The predicted octanol–water partition coefficient (Wildman–Crippen LogP) is 0.833. The Kier molecular flexibility index (Phi) is 3.67. The van der Waals surface area contributed by atoms with Crippen molar-refractivity contribution in [3.63, 3.8) is 0 Å². The summed E-state index contributed by atoms with van der Waals surface area (Å²) in [6.45, 7) is 0. The van der Waals surface area contributed by atoms with Gasteiger partial charge in [0.15, 0.2) is 5.69 Å². The molecule has 0 aliphatic heterocycles. The van der Waals surface area contributed by atoms with Crippen molar-refractivity contribution in [2.45, 2.75) is 0 Å². The van der Waals surface area contributed by atoms with Crippen LogP contribution < -0.4 is 5.73 Å². The summed E-state index contributed by atoms with van der Waals surface area (Å²) in [6.07, 6.45) is 2.60. The average molecular weight is 327 g/mol. The first-order chi connectivity index (χ1) is 11.6. The summed E-state index contributed by atoms with van der Waals surface area (Å²) in [4.78, 5) is 12.0. The van der Waals surface area contributed by atoms with Crippen LogP contribution in [-0.2, 0) is 4.74 Å². The van der Waals surface area contributed by atoms with Crippen LogP contribution in [0, 0.1) is 17.1 Å². The molecule has 0 unspecified atom stereocenters. The fraction of sp³-hybridized carbons (Fsp3) is 0.0714. The minimum absolute atomic E-state index is 0.0161. The second-order valence-electron chi connectivity index (χ2n) is 4.67. The number of rotatable bonds is 3. The van der Waals surface area contributed by atoms with E-state index in [1.807, 2.05) is 6.07 Å². The third-order valence-electron chi connectivity index (χ3n) is 3.35. The maximum atomic E-state index is 14.0. The lowest BCUT2D eigenvalue weighted by Gasteiger charge is -2.10. The number of benzene rings is 1. The molecule has 0 spiro atoms. The molecule has 0 radical (unpaired) electrons. The van der Waals surface area contributed by atoms with E-state index in [0.717, 1.165) is 4.68 Å². The second kappa shape index (κ2) is 5.81. The van der Waals surface area contributed by atoms with Gasteiger partial charge in [-0.2, -0.15) is 9.94 Å². The Labute approximate surface area is 134 Å². The second-order valence-corrected chi connectivity index (χ2v) is 4.67. The van der Waals surface area contributed by atoms with Gasteiger partial charge in [0.25, 0.3) is 0 Å². The number of nitrogens with zero attached hydrogens (tertiary/aromatic N) is 6. The number of nitrogens with two attached hydrogens (primary N) is 1. The number of tetrazole rings is 1. The van der Waals surface area contributed by atoms with Crippen molar-refractivity contribution in [3.8, 4) is 17.4 Å². The van der Waals surface area contributed by atoms with E-state index in [4.69, 9.17) is 15.7 Å². The Morgan fingerprint density at radius 1 is 1.46 bits per heavy atom. The highest BCUT2D eigenvalue weighted by molar-refractivity contribution is 5.96. The van der Waals surface area contributed by atoms with Crippen LogP contribution in [0.15, 0.2) is 30.7 Å². The van der Waals surface area contributed by atoms with Crippen molar-refractivity contribution < 1.29 is 13.9 Å². The van der Waals surface area contributed by atoms with Gasteiger partial charge in [0.1, 0.15) is 23.9 Å². The lowest BCUT2D eigenvalue weighted by Crippen LogP contribution is -2.11. The summed E-state index contributed by atoms with van der Waals surface area (Å²) in [5.41, 5.74) is 6.35. The molecule has 0 amide bonds. The fourth-order valence-electron chi connectivity index (χ4n) is 2.22. The topological polar surface area (TPSA) is 125 Å². The number of esters is 1. The minimum Gasteiger partial charge on any atom is -0.464 e. The van der Waals surface area contributed by atoms with Gasteiger partial charge in [-0.05, 0) is 28.6 Å². The van der Waals surface area contributed by atoms with Gasteiger partial charge >= 0.3 is 5.97 Å². The highest BCUT2D eigenvalue weighted by Crippen LogP contribution is 2.26. The highest BCUT2D eigenvalue weighted by atomic mass is 19.1. The van der Waals surface area contributed by atoms with Gasteiger partial charge in [-0.1, -0.05) is 0 Å². The first-order valence-corrected chi connectivity index (χ1v) is 6.59. The Morgan fingerprint density at radius 2 is 2.25 bits per heavy atom. The Hall–Kier alpha value is -3.74. The third kappa shape index (κ3) is 2.34. The lowest BCUT2D eigenvalue weighted by molar-refractivity contribution is 0.0593. The summed E-state index contributed by atoms with van der Waals surface area (Å²) in [5.74, 6) is -1.28. The molecule has 10 heteroatoms. The van der Waals surface area contributed by atoms with Crippen LogP contribution in [0.2, 0.25) is 0 Å². The maximum Gasteiger partial charge on any atom is 0.357 e. The molecule has 0 bridgehead atoms. The number of aromatic nitrogens is 5. The number of carbonyl (C=O) groups is 1. The van der Waals surface area contributed by atoms with Gasteiger partial charge in [-0.3, -0.25) is 0 Å². The highest BCUT2D eigenvalue weighted by Gasteiger charge is 2.22. The zero-order valence-corrected chi connectivity index (χ0v) is 12.3. The average Bonchev–Trinajstić information content (AvgIpc) is 3.22. The van der Waals surface area contributed by atoms with Crippen LogP contribution in [0.3, 0.4) is 0 Å². The van der Waals surface area contributed by atoms with Gasteiger partial charge in [0.2, 0.25) is 0 Å². The summed E-state index contributed by atoms with van der Waals surface area (Å²) in [5, 5.41) is 19.7. The molecule has 24 heavy (non-hydrogen) atoms. The van der Waals surface area contributed by atoms with Gasteiger partial charge in [0.05, 0.1) is 18.4 Å². The van der Waals surface area contributed by atoms with Gasteiger partial charge in [-0.25, -0.2) is 9.18 Å². The van der Waals surface area contributed by atoms with Crippen molar-refractivity contribution in [3.05, 3.63) is 47.8 Å². The first-order valence-electron chi connectivity index (χ1n) is 6.59. The van der Waals surface area contributed by atoms with Crippen molar-refractivity contribution in [2.75, 3.05) is 12.8 Å². The van der Waals surface area contributed by atoms with Gasteiger partial charge in [-0.15, -0.1) is 5.10 Å². The van der Waals surface area contributed by atoms with Crippen LogP contribution in [-0.4, -0.2) is 37.9 Å². The number of anilines is 1. The van der Waals surface area contributed by atoms with Crippen LogP contribution >= 0.6 is 0 Å². The maximum absolute atomic E-state index is 14.0. The number of methoxy groups -OCH3 is 1. The molecule has 0 atom stereocenters. The molecule has 1 aromatic carbocycles. The van der Waals surface area contributed by atoms with Crippen LogP contribution in [0.4, 0.5) is 10.1 Å². The molecule has 0 fully saturated rings. The number of nitriles is 1. The van der Waals surface area contributed by atoms with E-state index >= 15 is 0 Å². The normalized spacial score (nSPS) is 10.4. The molecule has 0 saturated heterocycles. The monoisotopic (exact) mass is 327 g/mol. The van der Waals surface area contributed by atoms with Crippen LogP contribution in [0.5, 0.6) is 0 Å². The Bertz CT molecular complexity index is 956. The molecule has 3 rings (SSSR count). The molecule has 0 aliphatic carbocycles. The third-order valence-corrected chi connectivity index (χ3v) is 3.35. The van der Waals surface area contributed by atoms with Crippen molar-refractivity contribution >= 4 is 11.7 Å². The fourth-order valence-corrected chi connectivity index (χ4v) is 2.22.